The highest BCUT2D eigenvalue weighted by atomic mass is 32.2. The van der Waals surface area contributed by atoms with Crippen LogP contribution < -0.4 is 4.80 Å². The van der Waals surface area contributed by atoms with Crippen LogP contribution in [0.15, 0.2) is 71.1 Å². The second-order valence-corrected chi connectivity index (χ2v) is 8.89. The zero-order chi connectivity index (χ0) is 18.7. The Bertz CT molecular complexity index is 1150. The molecule has 5 nitrogen and oxygen atoms in total. The van der Waals surface area contributed by atoms with Gasteiger partial charge in [0.1, 0.15) is 0 Å². The third-order valence-corrected chi connectivity index (χ3v) is 6.71. The zero-order valence-electron chi connectivity index (χ0n) is 14.3. The number of carbonyl (C=O) groups excluding carboxylic acids is 1. The van der Waals surface area contributed by atoms with Crippen molar-refractivity contribution < 1.29 is 13.2 Å². The number of aromatic nitrogens is 1. The van der Waals surface area contributed by atoms with Crippen molar-refractivity contribution >= 4 is 37.3 Å². The predicted octanol–water partition coefficient (Wildman–Crippen LogP) is 3.42. The van der Waals surface area contributed by atoms with E-state index in [1.807, 2.05) is 28.8 Å². The zero-order valence-corrected chi connectivity index (χ0v) is 15.9. The summed E-state index contributed by atoms with van der Waals surface area (Å²) < 4.78 is 27.0. The molecule has 3 rings (SSSR count). The van der Waals surface area contributed by atoms with Gasteiger partial charge in [0.05, 0.1) is 20.9 Å². The van der Waals surface area contributed by atoms with Crippen molar-refractivity contribution in [2.75, 3.05) is 5.75 Å². The molecule has 1 heterocycles. The summed E-state index contributed by atoms with van der Waals surface area (Å²) in [5.41, 5.74) is 1.23. The minimum absolute atomic E-state index is 0.0164. The number of hydrogen-bond donors (Lipinski definition) is 0. The van der Waals surface area contributed by atoms with Gasteiger partial charge in [0, 0.05) is 12.1 Å². The number of thiazole rings is 1. The fraction of sp³-hybridized carbons (Fsp3) is 0.158. The first-order valence-corrected chi connectivity index (χ1v) is 10.5. The number of benzene rings is 2. The Morgan fingerprint density at radius 3 is 2.73 bits per heavy atom. The molecular weight excluding hydrogens is 368 g/mol. The SMILES string of the molecule is C=CCn1c(=NC(=O)c2cccc(S(=O)(=O)CC)c2)sc2ccccc21. The van der Waals surface area contributed by atoms with Gasteiger partial charge in [-0.25, -0.2) is 8.42 Å². The summed E-state index contributed by atoms with van der Waals surface area (Å²) in [5.74, 6) is -0.486. The molecular formula is C19H18N2O3S2. The Hall–Kier alpha value is -2.51. The van der Waals surface area contributed by atoms with Crippen molar-refractivity contribution in [3.05, 3.63) is 71.6 Å². The van der Waals surface area contributed by atoms with E-state index in [0.717, 1.165) is 10.2 Å². The van der Waals surface area contributed by atoms with E-state index in [1.54, 1.807) is 25.1 Å². The Labute approximate surface area is 155 Å². The highest BCUT2D eigenvalue weighted by Crippen LogP contribution is 2.17. The van der Waals surface area contributed by atoms with Gasteiger partial charge in [-0.3, -0.25) is 4.79 Å². The predicted molar refractivity (Wildman–Crippen MR) is 104 cm³/mol. The normalized spacial score (nSPS) is 12.4. The van der Waals surface area contributed by atoms with Crippen LogP contribution in [-0.2, 0) is 16.4 Å². The van der Waals surface area contributed by atoms with Crippen molar-refractivity contribution in [2.45, 2.75) is 18.4 Å². The van der Waals surface area contributed by atoms with Gasteiger partial charge in [0.15, 0.2) is 14.6 Å². The summed E-state index contributed by atoms with van der Waals surface area (Å²) in [6, 6.07) is 13.8. The number of sulfone groups is 1. The standard InChI is InChI=1S/C19H18N2O3S2/c1-3-12-21-16-10-5-6-11-17(16)25-19(21)20-18(22)14-8-7-9-15(13-14)26(23,24)4-2/h3,5-11,13H,1,4,12H2,2H3. The number of allylic oxidation sites excluding steroid dienone is 1. The van der Waals surface area contributed by atoms with E-state index >= 15 is 0 Å². The molecule has 0 aliphatic carbocycles. The maximum Gasteiger partial charge on any atom is 0.279 e. The first-order valence-electron chi connectivity index (χ1n) is 8.07. The van der Waals surface area contributed by atoms with Gasteiger partial charge in [-0.2, -0.15) is 4.99 Å². The average molecular weight is 386 g/mol. The first-order chi connectivity index (χ1) is 12.5. The summed E-state index contributed by atoms with van der Waals surface area (Å²) in [5, 5.41) is 0. The molecule has 2 aromatic carbocycles. The number of carbonyl (C=O) groups is 1. The number of rotatable bonds is 5. The van der Waals surface area contributed by atoms with Crippen molar-refractivity contribution in [2.24, 2.45) is 4.99 Å². The summed E-state index contributed by atoms with van der Waals surface area (Å²) in [6.07, 6.45) is 1.75. The van der Waals surface area contributed by atoms with Crippen LogP contribution in [0, 0.1) is 0 Å². The van der Waals surface area contributed by atoms with Gasteiger partial charge in [-0.15, -0.1) is 6.58 Å². The molecule has 3 aromatic rings. The van der Waals surface area contributed by atoms with E-state index in [9.17, 15) is 13.2 Å². The van der Waals surface area contributed by atoms with Crippen LogP contribution in [0.5, 0.6) is 0 Å². The maximum atomic E-state index is 12.6. The summed E-state index contributed by atoms with van der Waals surface area (Å²) in [6.45, 7) is 5.86. The first kappa shape index (κ1) is 18.3. The van der Waals surface area contributed by atoms with Crippen LogP contribution in [-0.4, -0.2) is 24.6 Å². The van der Waals surface area contributed by atoms with E-state index in [4.69, 9.17) is 0 Å². The van der Waals surface area contributed by atoms with E-state index in [0.29, 0.717) is 11.3 Å². The third kappa shape index (κ3) is 3.54. The lowest BCUT2D eigenvalue weighted by Crippen LogP contribution is -2.16. The lowest BCUT2D eigenvalue weighted by molar-refractivity contribution is 0.0997. The second-order valence-electron chi connectivity index (χ2n) is 5.60. The average Bonchev–Trinajstić information content (AvgIpc) is 2.99. The van der Waals surface area contributed by atoms with E-state index < -0.39 is 15.7 Å². The molecule has 134 valence electrons. The molecule has 0 fully saturated rings. The smallest absolute Gasteiger partial charge is 0.279 e. The van der Waals surface area contributed by atoms with Crippen molar-refractivity contribution in [3.8, 4) is 0 Å². The van der Waals surface area contributed by atoms with Gasteiger partial charge in [-0.05, 0) is 30.3 Å². The molecule has 0 saturated heterocycles. The Morgan fingerprint density at radius 2 is 2.00 bits per heavy atom. The summed E-state index contributed by atoms with van der Waals surface area (Å²) in [4.78, 5) is 17.5. The highest BCUT2D eigenvalue weighted by Gasteiger charge is 2.14. The monoisotopic (exact) mass is 386 g/mol. The molecule has 0 atom stereocenters. The number of para-hydroxylation sites is 1. The van der Waals surface area contributed by atoms with Crippen LogP contribution in [0.1, 0.15) is 17.3 Å². The maximum absolute atomic E-state index is 12.6. The summed E-state index contributed by atoms with van der Waals surface area (Å²) in [7, 11) is -3.37. The van der Waals surface area contributed by atoms with E-state index in [-0.39, 0.29) is 16.2 Å². The van der Waals surface area contributed by atoms with E-state index in [1.165, 1.54) is 23.5 Å². The molecule has 0 aliphatic rings. The molecule has 0 N–H and O–H groups in total. The van der Waals surface area contributed by atoms with Crippen LogP contribution in [0.3, 0.4) is 0 Å². The fourth-order valence-corrected chi connectivity index (χ4v) is 4.52. The molecule has 0 saturated carbocycles. The lowest BCUT2D eigenvalue weighted by atomic mass is 10.2. The molecule has 26 heavy (non-hydrogen) atoms. The largest absolute Gasteiger partial charge is 0.312 e. The Kier molecular flexibility index (Phi) is 5.20. The summed E-state index contributed by atoms with van der Waals surface area (Å²) >= 11 is 1.41. The van der Waals surface area contributed by atoms with Crippen LogP contribution >= 0.6 is 11.3 Å². The molecule has 1 aromatic heterocycles. The number of nitrogens with zero attached hydrogens (tertiary/aromatic N) is 2. The molecule has 0 unspecified atom stereocenters. The molecule has 0 spiro atoms. The van der Waals surface area contributed by atoms with Crippen LogP contribution in [0.2, 0.25) is 0 Å². The molecule has 1 amide bonds. The van der Waals surface area contributed by atoms with Crippen LogP contribution in [0.25, 0.3) is 10.2 Å². The Morgan fingerprint density at radius 1 is 1.23 bits per heavy atom. The van der Waals surface area contributed by atoms with Crippen molar-refractivity contribution in [1.82, 2.24) is 4.57 Å². The third-order valence-electron chi connectivity index (χ3n) is 3.92. The topological polar surface area (TPSA) is 68.5 Å². The minimum Gasteiger partial charge on any atom is -0.312 e. The fourth-order valence-electron chi connectivity index (χ4n) is 2.55. The van der Waals surface area contributed by atoms with Crippen molar-refractivity contribution in [3.63, 3.8) is 0 Å². The van der Waals surface area contributed by atoms with Gasteiger partial charge in [0.2, 0.25) is 0 Å². The molecule has 0 bridgehead atoms. The van der Waals surface area contributed by atoms with Crippen molar-refractivity contribution in [1.29, 1.82) is 0 Å². The van der Waals surface area contributed by atoms with Gasteiger partial charge in [-0.1, -0.05) is 42.5 Å². The quantitative estimate of drug-likeness (QED) is 0.631. The molecule has 7 heteroatoms. The van der Waals surface area contributed by atoms with Gasteiger partial charge < -0.3 is 4.57 Å². The van der Waals surface area contributed by atoms with Gasteiger partial charge in [0.25, 0.3) is 5.91 Å². The second kappa shape index (κ2) is 7.39. The molecule has 0 aliphatic heterocycles. The minimum atomic E-state index is -3.37. The Balaban J connectivity index is 2.10. The number of amides is 1. The van der Waals surface area contributed by atoms with Crippen LogP contribution in [0.4, 0.5) is 0 Å². The van der Waals surface area contributed by atoms with Gasteiger partial charge >= 0.3 is 0 Å². The highest BCUT2D eigenvalue weighted by molar-refractivity contribution is 7.91. The lowest BCUT2D eigenvalue weighted by Gasteiger charge is -2.03. The number of hydrogen-bond acceptors (Lipinski definition) is 4. The molecule has 0 radical (unpaired) electrons. The number of fused-ring (bicyclic) bond motifs is 1. The van der Waals surface area contributed by atoms with E-state index in [2.05, 4.69) is 11.6 Å².